The van der Waals surface area contributed by atoms with E-state index >= 15 is 0 Å². The summed E-state index contributed by atoms with van der Waals surface area (Å²) in [6.07, 6.45) is 0. The first kappa shape index (κ1) is 20.0. The third-order valence-electron chi connectivity index (χ3n) is 5.08. The summed E-state index contributed by atoms with van der Waals surface area (Å²) in [5.41, 5.74) is 3.93. The fourth-order valence-corrected chi connectivity index (χ4v) is 3.90. The van der Waals surface area contributed by atoms with Crippen molar-refractivity contribution in [2.24, 2.45) is 10.3 Å². The molecule has 30 heavy (non-hydrogen) atoms. The topological polar surface area (TPSA) is 94.4 Å². The molecular formula is C21H20ClN5O3. The number of carbonyl (C=O) groups excluding carboxylic acids is 3. The van der Waals surface area contributed by atoms with Crippen LogP contribution in [0.2, 0.25) is 5.02 Å². The number of benzene rings is 2. The highest BCUT2D eigenvalue weighted by Crippen LogP contribution is 2.33. The lowest BCUT2D eigenvalue weighted by Gasteiger charge is -2.20. The van der Waals surface area contributed by atoms with Crippen LogP contribution >= 0.6 is 11.6 Å². The molecule has 154 valence electrons. The fraction of sp³-hybridized carbons (Fsp3) is 0.286. The van der Waals surface area contributed by atoms with Crippen LogP contribution in [0.4, 0.5) is 11.4 Å². The number of nitrogens with one attached hydrogen (secondary N) is 1. The van der Waals surface area contributed by atoms with Crippen molar-refractivity contribution in [3.8, 4) is 0 Å². The number of anilines is 2. The Balaban J connectivity index is 1.50. The quantitative estimate of drug-likeness (QED) is 0.761. The number of hydrogen-bond acceptors (Lipinski definition) is 6. The van der Waals surface area contributed by atoms with Gasteiger partial charge in [-0.25, -0.2) is 4.90 Å². The maximum atomic E-state index is 13.0. The van der Waals surface area contributed by atoms with Crippen molar-refractivity contribution in [1.29, 1.82) is 0 Å². The molecule has 2 aromatic rings. The Morgan fingerprint density at radius 3 is 2.43 bits per heavy atom. The van der Waals surface area contributed by atoms with Crippen LogP contribution in [0.3, 0.4) is 0 Å². The molecule has 1 fully saturated rings. The highest BCUT2D eigenvalue weighted by atomic mass is 35.5. The van der Waals surface area contributed by atoms with Gasteiger partial charge in [-0.1, -0.05) is 29.0 Å². The normalized spacial score (nSPS) is 20.1. The minimum atomic E-state index is -0.966. The van der Waals surface area contributed by atoms with E-state index in [9.17, 15) is 14.4 Å². The molecule has 2 atom stereocenters. The summed E-state index contributed by atoms with van der Waals surface area (Å²) in [6.45, 7) is 5.52. The molecule has 0 spiro atoms. The fourth-order valence-electron chi connectivity index (χ4n) is 3.72. The van der Waals surface area contributed by atoms with Crippen molar-refractivity contribution < 1.29 is 14.4 Å². The van der Waals surface area contributed by atoms with Crippen LogP contribution in [0, 0.1) is 20.8 Å². The zero-order valence-electron chi connectivity index (χ0n) is 16.7. The molecule has 0 aromatic heterocycles. The molecule has 2 aromatic carbocycles. The van der Waals surface area contributed by atoms with Crippen LogP contribution in [-0.4, -0.2) is 41.4 Å². The summed E-state index contributed by atoms with van der Waals surface area (Å²) in [6, 6.07) is 8.77. The molecule has 1 saturated heterocycles. The van der Waals surface area contributed by atoms with Gasteiger partial charge in [-0.2, -0.15) is 5.11 Å². The van der Waals surface area contributed by atoms with Gasteiger partial charge in [0, 0.05) is 10.7 Å². The Kier molecular flexibility index (Phi) is 5.03. The van der Waals surface area contributed by atoms with E-state index in [2.05, 4.69) is 15.7 Å². The number of halogens is 1. The van der Waals surface area contributed by atoms with Gasteiger partial charge >= 0.3 is 0 Å². The van der Waals surface area contributed by atoms with Gasteiger partial charge in [0.25, 0.3) is 11.8 Å². The van der Waals surface area contributed by atoms with Gasteiger partial charge in [-0.3, -0.25) is 19.4 Å². The third-order valence-corrected chi connectivity index (χ3v) is 5.49. The molecular weight excluding hydrogens is 406 g/mol. The minimum Gasteiger partial charge on any atom is -0.324 e. The molecule has 0 saturated carbocycles. The Morgan fingerprint density at radius 2 is 1.77 bits per heavy atom. The third kappa shape index (κ3) is 3.54. The summed E-state index contributed by atoms with van der Waals surface area (Å²) in [5.74, 6) is -1.31. The van der Waals surface area contributed by atoms with E-state index in [1.807, 2.05) is 39.0 Å². The van der Waals surface area contributed by atoms with Crippen molar-refractivity contribution in [1.82, 2.24) is 5.01 Å². The number of rotatable bonds is 4. The van der Waals surface area contributed by atoms with E-state index in [0.717, 1.165) is 21.6 Å². The van der Waals surface area contributed by atoms with Gasteiger partial charge in [0.05, 0.1) is 5.69 Å². The Labute approximate surface area is 178 Å². The number of carbonyl (C=O) groups is 3. The number of nitrogens with zero attached hydrogens (tertiary/aromatic N) is 4. The molecule has 2 aliphatic heterocycles. The summed E-state index contributed by atoms with van der Waals surface area (Å²) in [7, 11) is 0. The molecule has 2 aliphatic rings. The van der Waals surface area contributed by atoms with E-state index in [-0.39, 0.29) is 12.5 Å². The van der Waals surface area contributed by atoms with E-state index in [4.69, 9.17) is 11.6 Å². The standard InChI is InChI=1S/C21H20ClN5O3/c1-11-6-12(2)8-14(7-11)23-17(28)10-26-19-18(24-25-26)20(29)27(21(19)30)15-5-4-13(3)16(22)9-15/h4-9,18-19H,10H2,1-3H3,(H,23,28)/t18-,19+/m1/s1. The van der Waals surface area contributed by atoms with Crippen molar-refractivity contribution in [2.45, 2.75) is 32.9 Å². The maximum absolute atomic E-state index is 13.0. The molecule has 4 rings (SSSR count). The Morgan fingerprint density at radius 1 is 1.07 bits per heavy atom. The highest BCUT2D eigenvalue weighted by Gasteiger charge is 2.55. The first-order valence-corrected chi connectivity index (χ1v) is 9.82. The van der Waals surface area contributed by atoms with E-state index in [0.29, 0.717) is 16.4 Å². The van der Waals surface area contributed by atoms with Crippen molar-refractivity contribution in [3.05, 3.63) is 58.1 Å². The molecule has 0 unspecified atom stereocenters. The second kappa shape index (κ2) is 7.53. The van der Waals surface area contributed by atoms with Gasteiger partial charge < -0.3 is 5.32 Å². The number of hydrogen-bond donors (Lipinski definition) is 1. The minimum absolute atomic E-state index is 0.195. The molecule has 3 amide bonds. The monoisotopic (exact) mass is 425 g/mol. The molecule has 8 nitrogen and oxygen atoms in total. The smallest absolute Gasteiger partial charge is 0.263 e. The highest BCUT2D eigenvalue weighted by molar-refractivity contribution is 6.32. The molecule has 0 aliphatic carbocycles. The number of imide groups is 1. The second-order valence-corrected chi connectivity index (χ2v) is 7.97. The zero-order valence-corrected chi connectivity index (χ0v) is 17.5. The average Bonchev–Trinajstić information content (AvgIpc) is 3.17. The molecule has 9 heteroatoms. The van der Waals surface area contributed by atoms with Crippen LogP contribution < -0.4 is 10.2 Å². The predicted molar refractivity (Wildman–Crippen MR) is 112 cm³/mol. The largest absolute Gasteiger partial charge is 0.324 e. The number of amides is 3. The lowest BCUT2D eigenvalue weighted by molar-refractivity contribution is -0.123. The molecule has 0 radical (unpaired) electrons. The number of fused-ring (bicyclic) bond motifs is 1. The zero-order chi connectivity index (χ0) is 21.6. The predicted octanol–water partition coefficient (Wildman–Crippen LogP) is 3.20. The lowest BCUT2D eigenvalue weighted by Crippen LogP contribution is -2.43. The first-order chi connectivity index (χ1) is 14.2. The maximum Gasteiger partial charge on any atom is 0.263 e. The number of aryl methyl sites for hydroxylation is 3. The van der Waals surface area contributed by atoms with Gasteiger partial charge in [0.1, 0.15) is 6.54 Å². The van der Waals surface area contributed by atoms with Gasteiger partial charge in [0.2, 0.25) is 5.91 Å². The van der Waals surface area contributed by atoms with Gasteiger partial charge in [-0.05, 0) is 61.7 Å². The molecule has 2 heterocycles. The summed E-state index contributed by atoms with van der Waals surface area (Å²) in [5, 5.41) is 12.4. The van der Waals surface area contributed by atoms with E-state index < -0.39 is 23.9 Å². The van der Waals surface area contributed by atoms with Crippen LogP contribution in [-0.2, 0) is 14.4 Å². The molecule has 0 bridgehead atoms. The Bertz CT molecular complexity index is 1080. The van der Waals surface area contributed by atoms with Crippen molar-refractivity contribution >= 4 is 40.7 Å². The van der Waals surface area contributed by atoms with Gasteiger partial charge in [-0.15, -0.1) is 0 Å². The summed E-state index contributed by atoms with van der Waals surface area (Å²) in [4.78, 5) is 39.4. The second-order valence-electron chi connectivity index (χ2n) is 7.56. The lowest BCUT2D eigenvalue weighted by atomic mass is 10.1. The summed E-state index contributed by atoms with van der Waals surface area (Å²) >= 11 is 6.15. The van der Waals surface area contributed by atoms with E-state index in [1.165, 1.54) is 5.01 Å². The first-order valence-electron chi connectivity index (χ1n) is 9.44. The average molecular weight is 426 g/mol. The van der Waals surface area contributed by atoms with Crippen LogP contribution in [0.5, 0.6) is 0 Å². The van der Waals surface area contributed by atoms with Crippen LogP contribution in [0.25, 0.3) is 0 Å². The van der Waals surface area contributed by atoms with Crippen LogP contribution in [0.1, 0.15) is 16.7 Å². The van der Waals surface area contributed by atoms with Gasteiger partial charge in [0.15, 0.2) is 12.1 Å². The summed E-state index contributed by atoms with van der Waals surface area (Å²) < 4.78 is 0. The van der Waals surface area contributed by atoms with E-state index in [1.54, 1.807) is 18.2 Å². The SMILES string of the molecule is Cc1cc(C)cc(NC(=O)CN2N=N[C@H]3C(=O)N(c4ccc(C)c(Cl)c4)C(=O)[C@H]32)c1. The Hall–Kier alpha value is -3.26. The van der Waals surface area contributed by atoms with Crippen molar-refractivity contribution in [3.63, 3.8) is 0 Å². The van der Waals surface area contributed by atoms with Crippen LogP contribution in [0.15, 0.2) is 46.7 Å². The molecule has 1 N–H and O–H groups in total. The van der Waals surface area contributed by atoms with Crippen molar-refractivity contribution in [2.75, 3.05) is 16.8 Å².